The molecular weight excluding hydrogens is 871 g/mol. The Morgan fingerprint density at radius 3 is 2.35 bits per heavy atom. The smallest absolute Gasteiger partial charge is 0.239 e. The van der Waals surface area contributed by atoms with Gasteiger partial charge in [-0.05, 0) is 92.3 Å². The average Bonchev–Trinajstić information content (AvgIpc) is 3.36. The number of oxime groups is 1. The molecule has 0 bridgehead atoms. The van der Waals surface area contributed by atoms with Crippen molar-refractivity contribution in [1.82, 2.24) is 9.88 Å². The first-order valence-electron chi connectivity index (χ1n) is 26.1. The molecular formula is C57H81N3O9. The molecule has 1 fully saturated rings. The first-order chi connectivity index (χ1) is 33.9. The van der Waals surface area contributed by atoms with Gasteiger partial charge >= 0.3 is 0 Å². The van der Waals surface area contributed by atoms with E-state index in [9.17, 15) is 15.3 Å². The van der Waals surface area contributed by atoms with Crippen molar-refractivity contribution in [2.75, 3.05) is 46.2 Å². The van der Waals surface area contributed by atoms with Gasteiger partial charge in [0.25, 0.3) is 0 Å². The monoisotopic (exact) mass is 952 g/mol. The number of nitrogens with zero attached hydrogens (tertiary/aromatic N) is 3. The van der Waals surface area contributed by atoms with E-state index in [1.54, 1.807) is 6.08 Å². The van der Waals surface area contributed by atoms with Gasteiger partial charge in [-0.15, -0.1) is 6.58 Å². The zero-order chi connectivity index (χ0) is 48.7. The molecule has 69 heavy (non-hydrogen) atoms. The summed E-state index contributed by atoms with van der Waals surface area (Å²) in [6.07, 6.45) is 19.7. The Balaban J connectivity index is 1.47. The average molecular weight is 952 g/mol. The molecule has 1 amide bonds. The molecule has 2 aliphatic carbocycles. The van der Waals surface area contributed by atoms with Gasteiger partial charge in [-0.3, -0.25) is 9.78 Å². The van der Waals surface area contributed by atoms with Gasteiger partial charge in [-0.25, -0.2) is 0 Å². The molecule has 6 atom stereocenters. The summed E-state index contributed by atoms with van der Waals surface area (Å²) in [5, 5.41) is 34.8. The van der Waals surface area contributed by atoms with E-state index in [1.807, 2.05) is 72.5 Å². The molecule has 1 saturated carbocycles. The number of benzene rings is 2. The van der Waals surface area contributed by atoms with Gasteiger partial charge < -0.3 is 44.0 Å². The van der Waals surface area contributed by atoms with E-state index in [0.29, 0.717) is 43.8 Å². The standard InChI is InChI=1S/C57H81N3O9/c1-4-6-7-8-9-10-11-12-16-28-54(64)60(31-36-65-37-34-63)53-40-51(59-68-41-44-23-14-13-15-24-44)49-38-45(25-17-19-32-61)48(27-18-20-33-62)55-50-39-47(66-42-46-26-21-22-43(3)58-46)29-30-52(50)69-57(53,56(49)55)67-35-5-2/h5,13-15,21-24,26,29-30,38-39,45,48,53,55-56,61-63H,2,4,6-12,16-20,25,27-28,31-37,40-42H2,1,3H3. The third kappa shape index (κ3) is 15.0. The fraction of sp³-hybridized carbons (Fsp3) is 0.596. The lowest BCUT2D eigenvalue weighted by Gasteiger charge is -2.60. The van der Waals surface area contributed by atoms with Gasteiger partial charge in [-0.1, -0.05) is 125 Å². The molecule has 2 aromatic carbocycles. The molecule has 0 saturated heterocycles. The van der Waals surface area contributed by atoms with Gasteiger partial charge in [0.1, 0.15) is 30.8 Å². The number of rotatable bonds is 33. The number of aromatic nitrogens is 1. The van der Waals surface area contributed by atoms with Gasteiger partial charge in [-0.2, -0.15) is 0 Å². The Labute approximate surface area is 412 Å². The fourth-order valence-electron chi connectivity index (χ4n) is 10.8. The highest BCUT2D eigenvalue weighted by Gasteiger charge is 2.65. The van der Waals surface area contributed by atoms with Crippen LogP contribution >= 0.6 is 0 Å². The van der Waals surface area contributed by atoms with Crippen molar-refractivity contribution in [1.29, 1.82) is 0 Å². The van der Waals surface area contributed by atoms with E-state index in [4.69, 9.17) is 28.9 Å². The zero-order valence-corrected chi connectivity index (χ0v) is 41.6. The molecule has 0 radical (unpaired) electrons. The number of ether oxygens (including phenoxy) is 4. The van der Waals surface area contributed by atoms with Crippen LogP contribution in [0.2, 0.25) is 0 Å². The Hall–Kier alpha value is -4.59. The van der Waals surface area contributed by atoms with Crippen molar-refractivity contribution in [3.05, 3.63) is 114 Å². The molecule has 12 nitrogen and oxygen atoms in total. The number of hydrogen-bond donors (Lipinski definition) is 3. The number of aliphatic hydroxyl groups is 3. The number of allylic oxidation sites excluding steroid dienone is 1. The van der Waals surface area contributed by atoms with Gasteiger partial charge in [0.05, 0.1) is 43.8 Å². The summed E-state index contributed by atoms with van der Waals surface area (Å²) < 4.78 is 27.1. The van der Waals surface area contributed by atoms with Crippen LogP contribution in [0.1, 0.15) is 145 Å². The highest BCUT2D eigenvalue weighted by Crippen LogP contribution is 2.62. The van der Waals surface area contributed by atoms with Crippen LogP contribution in [0.5, 0.6) is 11.5 Å². The molecule has 6 unspecified atom stereocenters. The van der Waals surface area contributed by atoms with Crippen molar-refractivity contribution >= 4 is 11.6 Å². The number of carbonyl (C=O) groups excluding carboxylic acids is 1. The molecule has 12 heteroatoms. The topological polar surface area (TPSA) is 152 Å². The Bertz CT molecular complexity index is 2060. The maximum absolute atomic E-state index is 15.0. The SMILES string of the molecule is C=CCOC12Oc3ccc(OCc4cccc(C)n4)cc3C3C(CCCCO)C(CCCCO)C=C(C(=NOCc4ccccc4)CC1N(CCOCCO)C(=O)CCCCCCCCCCC)C32. The number of pyridine rings is 1. The normalized spacial score (nSPS) is 22.0. The maximum atomic E-state index is 15.0. The van der Waals surface area contributed by atoms with Crippen molar-refractivity contribution in [2.24, 2.45) is 22.9 Å². The van der Waals surface area contributed by atoms with Gasteiger partial charge in [0, 0.05) is 49.8 Å². The summed E-state index contributed by atoms with van der Waals surface area (Å²) in [7, 11) is 0. The van der Waals surface area contributed by atoms with Crippen molar-refractivity contribution < 1.29 is 43.9 Å². The molecule has 3 N–H and O–H groups in total. The van der Waals surface area contributed by atoms with E-state index >= 15 is 4.79 Å². The highest BCUT2D eigenvalue weighted by molar-refractivity contribution is 6.03. The minimum atomic E-state index is -1.39. The van der Waals surface area contributed by atoms with Crippen LogP contribution in [0.25, 0.3) is 0 Å². The second kappa shape index (κ2) is 28.9. The number of hydrogen-bond acceptors (Lipinski definition) is 11. The number of fused-ring (bicyclic) bond motifs is 2. The second-order valence-corrected chi connectivity index (χ2v) is 19.1. The summed E-state index contributed by atoms with van der Waals surface area (Å²) in [5.74, 6) is -0.541. The molecule has 3 aromatic rings. The fourth-order valence-corrected chi connectivity index (χ4v) is 10.8. The third-order valence-electron chi connectivity index (χ3n) is 14.1. The second-order valence-electron chi connectivity index (χ2n) is 19.1. The van der Waals surface area contributed by atoms with Crippen LogP contribution < -0.4 is 9.47 Å². The van der Waals surface area contributed by atoms with Crippen LogP contribution in [-0.2, 0) is 32.3 Å². The van der Waals surface area contributed by atoms with E-state index in [0.717, 1.165) is 78.7 Å². The number of amides is 1. The lowest BCUT2D eigenvalue weighted by molar-refractivity contribution is -0.258. The number of carbonyl (C=O) groups is 1. The summed E-state index contributed by atoms with van der Waals surface area (Å²) >= 11 is 0. The largest absolute Gasteiger partial charge is 0.487 e. The summed E-state index contributed by atoms with van der Waals surface area (Å²) in [6.45, 7) is 9.75. The summed E-state index contributed by atoms with van der Waals surface area (Å²) in [5.41, 5.74) is 5.44. The summed E-state index contributed by atoms with van der Waals surface area (Å²) in [4.78, 5) is 27.9. The van der Waals surface area contributed by atoms with E-state index in [-0.39, 0.29) is 76.5 Å². The van der Waals surface area contributed by atoms with Crippen LogP contribution in [0.4, 0.5) is 0 Å². The highest BCUT2D eigenvalue weighted by atomic mass is 16.7. The molecule has 3 aliphatic rings. The Morgan fingerprint density at radius 1 is 0.870 bits per heavy atom. The van der Waals surface area contributed by atoms with Crippen molar-refractivity contribution in [2.45, 2.75) is 154 Å². The van der Waals surface area contributed by atoms with Crippen molar-refractivity contribution in [3.63, 3.8) is 0 Å². The zero-order valence-electron chi connectivity index (χ0n) is 41.6. The van der Waals surface area contributed by atoms with Crippen LogP contribution in [0.3, 0.4) is 0 Å². The third-order valence-corrected chi connectivity index (χ3v) is 14.1. The van der Waals surface area contributed by atoms with E-state index in [2.05, 4.69) is 30.6 Å². The lowest BCUT2D eigenvalue weighted by Crippen LogP contribution is -2.70. The van der Waals surface area contributed by atoms with E-state index < -0.39 is 17.7 Å². The minimum absolute atomic E-state index is 0.00857. The Morgan fingerprint density at radius 2 is 1.62 bits per heavy atom. The van der Waals surface area contributed by atoms with Crippen LogP contribution in [0.15, 0.2) is 96.2 Å². The maximum Gasteiger partial charge on any atom is 0.239 e. The van der Waals surface area contributed by atoms with Crippen LogP contribution in [0, 0.1) is 24.7 Å². The minimum Gasteiger partial charge on any atom is -0.487 e. The number of aryl methyl sites for hydroxylation is 1. The lowest BCUT2D eigenvalue weighted by atomic mass is 9.55. The van der Waals surface area contributed by atoms with Crippen molar-refractivity contribution in [3.8, 4) is 11.5 Å². The molecule has 0 spiro atoms. The first kappa shape index (κ1) is 53.8. The van der Waals surface area contributed by atoms with Crippen LogP contribution in [-0.4, -0.2) is 94.8 Å². The van der Waals surface area contributed by atoms with E-state index in [1.165, 1.54) is 38.5 Å². The molecule has 6 rings (SSSR count). The number of aliphatic hydroxyl groups excluding tert-OH is 3. The van der Waals surface area contributed by atoms with Gasteiger partial charge in [0.15, 0.2) is 0 Å². The predicted octanol–water partition coefficient (Wildman–Crippen LogP) is 10.6. The molecule has 1 aromatic heterocycles. The quantitative estimate of drug-likeness (QED) is 0.0306. The summed E-state index contributed by atoms with van der Waals surface area (Å²) in [6, 6.07) is 21.3. The first-order valence-corrected chi connectivity index (χ1v) is 26.1. The molecule has 378 valence electrons. The Kier molecular flexibility index (Phi) is 22.5. The molecule has 2 heterocycles. The van der Waals surface area contributed by atoms with Gasteiger partial charge in [0.2, 0.25) is 11.7 Å². The predicted molar refractivity (Wildman–Crippen MR) is 271 cm³/mol. The number of unbranched alkanes of at least 4 members (excludes halogenated alkanes) is 10. The molecule has 1 aliphatic heterocycles.